The van der Waals surface area contributed by atoms with Crippen LogP contribution in [0.3, 0.4) is 0 Å². The molecule has 0 aliphatic carbocycles. The van der Waals surface area contributed by atoms with E-state index in [1.807, 2.05) is 0 Å². The third kappa shape index (κ3) is 4.91. The summed E-state index contributed by atoms with van der Waals surface area (Å²) in [7, 11) is 0. The van der Waals surface area contributed by atoms with Crippen LogP contribution in [0.4, 0.5) is 0 Å². The molecule has 1 aliphatic heterocycles. The minimum absolute atomic E-state index is 0.626. The first-order chi connectivity index (χ1) is 15.6. The second-order valence-corrected chi connectivity index (χ2v) is 7.26. The van der Waals surface area contributed by atoms with Crippen molar-refractivity contribution >= 4 is 18.0 Å². The number of rotatable bonds is 6. The highest BCUT2D eigenvalue weighted by atomic mass is 16.6. The van der Waals surface area contributed by atoms with Gasteiger partial charge in [0.05, 0.1) is 12.2 Å². The van der Waals surface area contributed by atoms with Gasteiger partial charge < -0.3 is 45.2 Å². The van der Waals surface area contributed by atoms with Crippen molar-refractivity contribution in [3.05, 3.63) is 59.2 Å². The zero-order chi connectivity index (χ0) is 24.3. The Hall–Kier alpha value is -3.64. The highest BCUT2D eigenvalue weighted by Gasteiger charge is 2.49. The van der Waals surface area contributed by atoms with Crippen LogP contribution in [0.5, 0.6) is 17.2 Å². The van der Waals surface area contributed by atoms with Crippen LogP contribution in [0.2, 0.25) is 0 Å². The summed E-state index contributed by atoms with van der Waals surface area (Å²) in [5.41, 5.74) is -0.937. The maximum absolute atomic E-state index is 12.4. The van der Waals surface area contributed by atoms with E-state index >= 15 is 0 Å². The van der Waals surface area contributed by atoms with Gasteiger partial charge in [-0.15, -0.1) is 0 Å². The molecule has 0 bridgehead atoms. The Morgan fingerprint density at radius 3 is 2.30 bits per heavy atom. The number of aliphatic hydroxyl groups is 3. The number of carbonyl (C=O) groups is 2. The second-order valence-electron chi connectivity index (χ2n) is 7.26. The molecule has 0 unspecified atom stereocenters. The summed E-state index contributed by atoms with van der Waals surface area (Å²) in [5.74, 6) is -5.61. The van der Waals surface area contributed by atoms with Gasteiger partial charge in [-0.3, -0.25) is 0 Å². The number of carboxylic acid groups (broad SMARTS) is 1. The Bertz CT molecular complexity index is 1050. The van der Waals surface area contributed by atoms with E-state index in [1.54, 1.807) is 30.3 Å². The van der Waals surface area contributed by atoms with Gasteiger partial charge in [-0.05, 0) is 11.6 Å². The molecule has 1 heterocycles. The summed E-state index contributed by atoms with van der Waals surface area (Å²) >= 11 is 0. The Labute approximate surface area is 187 Å². The van der Waals surface area contributed by atoms with Gasteiger partial charge in [-0.2, -0.15) is 0 Å². The molecule has 0 amide bonds. The fourth-order valence-corrected chi connectivity index (χ4v) is 3.50. The number of phenolic OH excluding ortho intramolecular Hbond substituents is 1. The van der Waals surface area contributed by atoms with Crippen LogP contribution in [0.25, 0.3) is 6.08 Å². The summed E-state index contributed by atoms with van der Waals surface area (Å²) in [5, 5.41) is 70.0. The monoisotopic (exact) mass is 462 g/mol. The largest absolute Gasteiger partial charge is 0.507 e. The van der Waals surface area contributed by atoms with Crippen LogP contribution in [-0.2, 0) is 14.3 Å². The van der Waals surface area contributed by atoms with E-state index in [0.717, 1.165) is 6.08 Å². The lowest BCUT2D eigenvalue weighted by atomic mass is 9.89. The highest BCUT2D eigenvalue weighted by Crippen LogP contribution is 2.46. The summed E-state index contributed by atoms with van der Waals surface area (Å²) in [4.78, 5) is 23.8. The summed E-state index contributed by atoms with van der Waals surface area (Å²) in [6.07, 6.45) is -6.01. The Kier molecular flexibility index (Phi) is 7.19. The van der Waals surface area contributed by atoms with E-state index in [1.165, 1.54) is 6.08 Å². The number of carboxylic acids is 1. The van der Waals surface area contributed by atoms with Crippen molar-refractivity contribution in [1.82, 2.24) is 0 Å². The van der Waals surface area contributed by atoms with Crippen molar-refractivity contribution in [2.24, 2.45) is 0 Å². The van der Waals surface area contributed by atoms with Crippen molar-refractivity contribution < 1.29 is 54.8 Å². The topological polar surface area (TPSA) is 194 Å². The van der Waals surface area contributed by atoms with Gasteiger partial charge in [0.25, 0.3) is 0 Å². The minimum Gasteiger partial charge on any atom is -0.507 e. The Balaban J connectivity index is 2.00. The van der Waals surface area contributed by atoms with Crippen LogP contribution in [0.15, 0.2) is 42.5 Å². The lowest BCUT2D eigenvalue weighted by molar-refractivity contribution is -0.240. The molecule has 7 N–H and O–H groups in total. The maximum atomic E-state index is 12.4. The predicted octanol–water partition coefficient (Wildman–Crippen LogP) is 0.281. The molecule has 1 fully saturated rings. The predicted molar refractivity (Wildman–Crippen MR) is 110 cm³/mol. The van der Waals surface area contributed by atoms with Crippen LogP contribution in [0, 0.1) is 0 Å². The molecule has 2 aromatic carbocycles. The van der Waals surface area contributed by atoms with E-state index < -0.39 is 77.4 Å². The fourth-order valence-electron chi connectivity index (χ4n) is 3.50. The number of esters is 1. The van der Waals surface area contributed by atoms with Crippen molar-refractivity contribution in [2.75, 3.05) is 6.61 Å². The number of carbonyl (C=O) groups excluding carboxylic acids is 1. The van der Waals surface area contributed by atoms with Crippen molar-refractivity contribution in [3.63, 3.8) is 0 Å². The lowest BCUT2D eigenvalue weighted by Gasteiger charge is -2.42. The molecule has 3 rings (SSSR count). The Morgan fingerprint density at radius 2 is 1.70 bits per heavy atom. The van der Waals surface area contributed by atoms with Gasteiger partial charge in [0.2, 0.25) is 0 Å². The first-order valence-electron chi connectivity index (χ1n) is 9.73. The van der Waals surface area contributed by atoms with Gasteiger partial charge in [-0.1, -0.05) is 30.3 Å². The molecular weight excluding hydrogens is 440 g/mol. The van der Waals surface area contributed by atoms with Gasteiger partial charge in [-0.25, -0.2) is 9.59 Å². The average molecular weight is 462 g/mol. The smallest absolute Gasteiger partial charge is 0.343 e. The first-order valence-corrected chi connectivity index (χ1v) is 9.73. The van der Waals surface area contributed by atoms with Gasteiger partial charge in [0.1, 0.15) is 47.2 Å². The fraction of sp³-hybridized carbons (Fsp3) is 0.273. The van der Waals surface area contributed by atoms with Crippen molar-refractivity contribution in [1.29, 1.82) is 0 Å². The summed E-state index contributed by atoms with van der Waals surface area (Å²) in [6, 6.07) is 9.29. The molecule has 11 nitrogen and oxygen atoms in total. The molecule has 1 aliphatic rings. The number of hydrogen-bond donors (Lipinski definition) is 7. The second kappa shape index (κ2) is 9.88. The van der Waals surface area contributed by atoms with Gasteiger partial charge in [0.15, 0.2) is 6.10 Å². The molecule has 2 aromatic rings. The normalized spacial score (nSPS) is 25.1. The molecule has 0 aromatic heterocycles. The number of hydrogen-bond acceptors (Lipinski definition) is 10. The number of ether oxygens (including phenoxy) is 2. The zero-order valence-electron chi connectivity index (χ0n) is 17.0. The molecular formula is C22H22O11. The van der Waals surface area contributed by atoms with E-state index in [9.17, 15) is 45.3 Å². The molecule has 0 spiro atoms. The summed E-state index contributed by atoms with van der Waals surface area (Å²) in [6.45, 7) is -0.797. The zero-order valence-corrected chi connectivity index (χ0v) is 17.0. The molecule has 5 atom stereocenters. The maximum Gasteiger partial charge on any atom is 0.343 e. The quantitative estimate of drug-likeness (QED) is 0.230. The molecule has 0 radical (unpaired) electrons. The summed E-state index contributed by atoms with van der Waals surface area (Å²) < 4.78 is 10.7. The van der Waals surface area contributed by atoms with E-state index in [2.05, 4.69) is 0 Å². The third-order valence-corrected chi connectivity index (χ3v) is 5.13. The van der Waals surface area contributed by atoms with Crippen molar-refractivity contribution in [2.45, 2.75) is 30.5 Å². The first kappa shape index (κ1) is 24.0. The average Bonchev–Trinajstić information content (AvgIpc) is 2.77. The third-order valence-electron chi connectivity index (χ3n) is 5.13. The van der Waals surface area contributed by atoms with Crippen molar-refractivity contribution in [3.8, 4) is 17.2 Å². The van der Waals surface area contributed by atoms with E-state index in [4.69, 9.17) is 9.47 Å². The minimum atomic E-state index is -1.85. The molecule has 33 heavy (non-hydrogen) atoms. The number of benzene rings is 2. The lowest BCUT2D eigenvalue weighted by Crippen LogP contribution is -2.56. The number of aromatic carboxylic acids is 1. The van der Waals surface area contributed by atoms with Gasteiger partial charge >= 0.3 is 11.9 Å². The molecule has 0 saturated carbocycles. The van der Waals surface area contributed by atoms with Crippen LogP contribution >= 0.6 is 0 Å². The SMILES string of the molecule is O=C(/C=C/c1ccccc1)O[C@@H]1[C@@H](O)[C@H](O)[C@@H](CO)O[C@H]1c1c(O)cc(O)c(C(=O)O)c1O. The van der Waals surface area contributed by atoms with E-state index in [0.29, 0.717) is 11.6 Å². The number of phenols is 3. The van der Waals surface area contributed by atoms with Crippen LogP contribution < -0.4 is 0 Å². The van der Waals surface area contributed by atoms with E-state index in [-0.39, 0.29) is 0 Å². The molecule has 11 heteroatoms. The highest BCUT2D eigenvalue weighted by molar-refractivity contribution is 5.95. The Morgan fingerprint density at radius 1 is 1.03 bits per heavy atom. The molecule has 1 saturated heterocycles. The van der Waals surface area contributed by atoms with Gasteiger partial charge in [0, 0.05) is 12.1 Å². The standard InChI is InChI=1S/C22H22O11/c23-9-13-17(27)19(29)21(33-14(26)7-6-10-4-2-1-3-5-10)20(32-13)15-11(24)8-12(25)16(18(15)28)22(30)31/h1-8,13,17,19-21,23-25,27-29H,9H2,(H,30,31)/b7-6+/t13-,17-,19+,20+,21-/m1/s1. The number of aliphatic hydroxyl groups excluding tert-OH is 3. The number of aromatic hydroxyl groups is 3. The van der Waals surface area contributed by atoms with Crippen LogP contribution in [-0.4, -0.2) is 78.7 Å². The van der Waals surface area contributed by atoms with Crippen LogP contribution in [0.1, 0.15) is 27.6 Å². The molecule has 176 valence electrons.